The van der Waals surface area contributed by atoms with Crippen molar-refractivity contribution in [1.82, 2.24) is 4.98 Å². The smallest absolute Gasteiger partial charge is 0.334 e. The van der Waals surface area contributed by atoms with Crippen LogP contribution < -0.4 is 0 Å². The Hall–Kier alpha value is -3.20. The van der Waals surface area contributed by atoms with E-state index in [1.54, 1.807) is 13.1 Å². The van der Waals surface area contributed by atoms with Crippen LogP contribution in [-0.2, 0) is 22.6 Å². The number of pyridine rings is 1. The van der Waals surface area contributed by atoms with E-state index in [0.717, 1.165) is 17.5 Å². The number of esters is 1. The number of nitrogens with zero attached hydrogens (tertiary/aromatic N) is 1. The number of carbonyl (C=O) groups excluding carboxylic acids is 1. The average molecular weight is 343 g/mol. The Morgan fingerprint density at radius 2 is 1.65 bits per heavy atom. The van der Waals surface area contributed by atoms with Crippen LogP contribution in [0.25, 0.3) is 6.08 Å². The Morgan fingerprint density at radius 3 is 2.35 bits per heavy atom. The molecule has 26 heavy (non-hydrogen) atoms. The molecule has 0 atom stereocenters. The molecule has 3 aromatic rings. The number of hydrogen-bond acceptors (Lipinski definition) is 3. The van der Waals surface area contributed by atoms with Gasteiger partial charge in [0.2, 0.25) is 0 Å². The summed E-state index contributed by atoms with van der Waals surface area (Å²) in [7, 11) is 0. The van der Waals surface area contributed by atoms with Gasteiger partial charge in [-0.3, -0.25) is 4.98 Å². The van der Waals surface area contributed by atoms with Crippen molar-refractivity contribution in [2.75, 3.05) is 0 Å². The second-order valence-corrected chi connectivity index (χ2v) is 6.17. The topological polar surface area (TPSA) is 39.2 Å². The summed E-state index contributed by atoms with van der Waals surface area (Å²) in [4.78, 5) is 16.3. The fraction of sp³-hybridized carbons (Fsp3) is 0.130. The Morgan fingerprint density at radius 1 is 0.923 bits per heavy atom. The van der Waals surface area contributed by atoms with Gasteiger partial charge in [0, 0.05) is 18.0 Å². The summed E-state index contributed by atoms with van der Waals surface area (Å²) in [6, 6.07) is 21.8. The van der Waals surface area contributed by atoms with Gasteiger partial charge in [-0.2, -0.15) is 0 Å². The highest BCUT2D eigenvalue weighted by Crippen LogP contribution is 2.13. The van der Waals surface area contributed by atoms with Gasteiger partial charge >= 0.3 is 5.97 Å². The highest BCUT2D eigenvalue weighted by Gasteiger charge is 2.06. The highest BCUT2D eigenvalue weighted by molar-refractivity contribution is 5.92. The van der Waals surface area contributed by atoms with Crippen molar-refractivity contribution in [3.8, 4) is 0 Å². The van der Waals surface area contributed by atoms with Crippen LogP contribution >= 0.6 is 0 Å². The number of hydrogen-bond donors (Lipinski definition) is 0. The first-order valence-electron chi connectivity index (χ1n) is 8.58. The largest absolute Gasteiger partial charge is 0.457 e. The second kappa shape index (κ2) is 8.77. The van der Waals surface area contributed by atoms with Crippen LogP contribution in [0.3, 0.4) is 0 Å². The molecule has 0 fully saturated rings. The molecule has 0 saturated carbocycles. The first kappa shape index (κ1) is 17.6. The molecule has 0 aliphatic carbocycles. The molecule has 0 saturated heterocycles. The summed E-state index contributed by atoms with van der Waals surface area (Å²) in [6.07, 6.45) is 6.34. The van der Waals surface area contributed by atoms with Gasteiger partial charge in [0.1, 0.15) is 6.61 Å². The molecule has 0 aliphatic rings. The Kier molecular flexibility index (Phi) is 5.94. The van der Waals surface area contributed by atoms with Crippen molar-refractivity contribution < 1.29 is 9.53 Å². The van der Waals surface area contributed by atoms with Gasteiger partial charge < -0.3 is 4.74 Å². The summed E-state index contributed by atoms with van der Waals surface area (Å²) in [5.41, 5.74) is 4.93. The molecule has 3 nitrogen and oxygen atoms in total. The molecule has 0 spiro atoms. The molecule has 0 amide bonds. The standard InChI is InChI=1S/C23H21NO2/c1-18(23(25)26-17-21-6-3-2-4-7-21)14-19-9-11-20(12-10-19)15-22-8-5-13-24-16-22/h2-14,16H,15,17H2,1H3. The number of aromatic nitrogens is 1. The Bertz CT molecular complexity index is 869. The van der Waals surface area contributed by atoms with Gasteiger partial charge in [-0.05, 0) is 47.7 Å². The average Bonchev–Trinajstić information content (AvgIpc) is 2.69. The molecule has 1 heterocycles. The van der Waals surface area contributed by atoms with E-state index in [0.29, 0.717) is 5.57 Å². The SMILES string of the molecule is CC(=Cc1ccc(Cc2cccnc2)cc1)C(=O)OCc1ccccc1. The maximum atomic E-state index is 12.1. The van der Waals surface area contributed by atoms with Crippen molar-refractivity contribution in [3.63, 3.8) is 0 Å². The lowest BCUT2D eigenvalue weighted by Gasteiger charge is -2.06. The molecule has 0 bridgehead atoms. The molecule has 130 valence electrons. The van der Waals surface area contributed by atoms with Crippen LogP contribution in [-0.4, -0.2) is 11.0 Å². The first-order valence-corrected chi connectivity index (χ1v) is 8.58. The summed E-state index contributed by atoms with van der Waals surface area (Å²) in [5.74, 6) is -0.298. The van der Waals surface area contributed by atoms with Gasteiger partial charge in [-0.1, -0.05) is 60.7 Å². The zero-order valence-electron chi connectivity index (χ0n) is 14.8. The molecule has 1 aromatic heterocycles. The van der Waals surface area contributed by atoms with E-state index in [-0.39, 0.29) is 12.6 Å². The van der Waals surface area contributed by atoms with Gasteiger partial charge in [-0.15, -0.1) is 0 Å². The van der Waals surface area contributed by atoms with Crippen molar-refractivity contribution in [3.05, 3.63) is 107 Å². The van der Waals surface area contributed by atoms with Crippen molar-refractivity contribution >= 4 is 12.0 Å². The van der Waals surface area contributed by atoms with Crippen LogP contribution in [0.5, 0.6) is 0 Å². The molecule has 2 aromatic carbocycles. The van der Waals surface area contributed by atoms with Crippen molar-refractivity contribution in [1.29, 1.82) is 0 Å². The summed E-state index contributed by atoms with van der Waals surface area (Å²) in [5, 5.41) is 0. The third-order valence-corrected chi connectivity index (χ3v) is 4.03. The van der Waals surface area contributed by atoms with Crippen molar-refractivity contribution in [2.24, 2.45) is 0 Å². The number of rotatable bonds is 6. The van der Waals surface area contributed by atoms with E-state index in [9.17, 15) is 4.79 Å². The molecule has 3 rings (SSSR count). The number of benzene rings is 2. The van der Waals surface area contributed by atoms with E-state index in [4.69, 9.17) is 4.74 Å². The Labute approximate surface area is 154 Å². The number of carbonyl (C=O) groups is 1. The van der Waals surface area contributed by atoms with Gasteiger partial charge in [-0.25, -0.2) is 4.79 Å². The fourth-order valence-electron chi connectivity index (χ4n) is 2.62. The van der Waals surface area contributed by atoms with Crippen LogP contribution in [0.15, 0.2) is 84.7 Å². The monoisotopic (exact) mass is 343 g/mol. The fourth-order valence-corrected chi connectivity index (χ4v) is 2.62. The van der Waals surface area contributed by atoms with Crippen molar-refractivity contribution in [2.45, 2.75) is 20.0 Å². The van der Waals surface area contributed by atoms with Crippen LogP contribution in [0, 0.1) is 0 Å². The summed E-state index contributed by atoms with van der Waals surface area (Å²) >= 11 is 0. The molecule has 0 radical (unpaired) electrons. The molecular weight excluding hydrogens is 322 g/mol. The summed E-state index contributed by atoms with van der Waals surface area (Å²) in [6.45, 7) is 2.06. The van der Waals surface area contributed by atoms with Gasteiger partial charge in [0.15, 0.2) is 0 Å². The minimum Gasteiger partial charge on any atom is -0.457 e. The third kappa shape index (κ3) is 5.15. The zero-order chi connectivity index (χ0) is 18.2. The van der Waals surface area contributed by atoms with E-state index >= 15 is 0 Å². The third-order valence-electron chi connectivity index (χ3n) is 4.03. The van der Waals surface area contributed by atoms with Gasteiger partial charge in [0.05, 0.1) is 0 Å². The van der Waals surface area contributed by atoms with Crippen LogP contribution in [0.4, 0.5) is 0 Å². The van der Waals surface area contributed by atoms with E-state index in [1.807, 2.05) is 60.8 Å². The molecule has 3 heteroatoms. The highest BCUT2D eigenvalue weighted by atomic mass is 16.5. The zero-order valence-corrected chi connectivity index (χ0v) is 14.8. The lowest BCUT2D eigenvalue weighted by molar-refractivity contribution is -0.140. The molecular formula is C23H21NO2. The summed E-state index contributed by atoms with van der Waals surface area (Å²) < 4.78 is 5.35. The predicted octanol–water partition coefficient (Wildman–Crippen LogP) is 4.82. The maximum Gasteiger partial charge on any atom is 0.334 e. The lowest BCUT2D eigenvalue weighted by Crippen LogP contribution is -2.05. The van der Waals surface area contributed by atoms with Crippen LogP contribution in [0.1, 0.15) is 29.2 Å². The minimum atomic E-state index is -0.298. The number of ether oxygens (including phenoxy) is 1. The van der Waals surface area contributed by atoms with E-state index in [2.05, 4.69) is 23.2 Å². The normalized spacial score (nSPS) is 11.2. The van der Waals surface area contributed by atoms with E-state index < -0.39 is 0 Å². The first-order chi connectivity index (χ1) is 12.7. The quantitative estimate of drug-likeness (QED) is 0.476. The predicted molar refractivity (Wildman–Crippen MR) is 103 cm³/mol. The lowest BCUT2D eigenvalue weighted by atomic mass is 10.0. The minimum absolute atomic E-state index is 0.287. The van der Waals surface area contributed by atoms with Gasteiger partial charge in [0.25, 0.3) is 0 Å². The molecule has 0 N–H and O–H groups in total. The second-order valence-electron chi connectivity index (χ2n) is 6.17. The molecule has 0 unspecified atom stereocenters. The Balaban J connectivity index is 1.58. The molecule has 0 aliphatic heterocycles. The van der Waals surface area contributed by atoms with Crippen LogP contribution in [0.2, 0.25) is 0 Å². The van der Waals surface area contributed by atoms with E-state index in [1.165, 1.54) is 11.1 Å². The maximum absolute atomic E-state index is 12.1.